The van der Waals surface area contributed by atoms with E-state index < -0.39 is 0 Å². The van der Waals surface area contributed by atoms with Crippen molar-refractivity contribution in [1.29, 1.82) is 0 Å². The number of rotatable bonds is 6. The highest BCUT2D eigenvalue weighted by Gasteiger charge is 2.20. The van der Waals surface area contributed by atoms with Crippen molar-refractivity contribution in [2.24, 2.45) is 5.41 Å². The Balaban J connectivity index is 3.51. The third kappa shape index (κ3) is 4.89. The van der Waals surface area contributed by atoms with Crippen molar-refractivity contribution in [1.82, 2.24) is 0 Å². The van der Waals surface area contributed by atoms with Crippen LogP contribution in [0.4, 0.5) is 0 Å². The molecule has 0 heterocycles. The lowest BCUT2D eigenvalue weighted by Gasteiger charge is -2.23. The lowest BCUT2D eigenvalue weighted by atomic mass is 9.90. The van der Waals surface area contributed by atoms with Gasteiger partial charge in [-0.25, -0.2) is 0 Å². The fourth-order valence-electron chi connectivity index (χ4n) is 0.813. The molecule has 0 aromatic heterocycles. The molecule has 68 valence electrons. The van der Waals surface area contributed by atoms with E-state index in [1.54, 1.807) is 7.11 Å². The summed E-state index contributed by atoms with van der Waals surface area (Å²) in [4.78, 5) is 0. The van der Waals surface area contributed by atoms with E-state index in [2.05, 4.69) is 6.92 Å². The number of halogens is 2. The zero-order valence-corrected chi connectivity index (χ0v) is 8.71. The minimum atomic E-state index is 0.0850. The van der Waals surface area contributed by atoms with Crippen molar-refractivity contribution in [2.75, 3.05) is 25.5 Å². The van der Waals surface area contributed by atoms with Gasteiger partial charge in [-0.05, 0) is 18.3 Å². The Hall–Kier alpha value is 0.540. The minimum absolute atomic E-state index is 0.0850. The van der Waals surface area contributed by atoms with Crippen molar-refractivity contribution >= 4 is 23.2 Å². The lowest BCUT2D eigenvalue weighted by Crippen LogP contribution is -2.21. The van der Waals surface area contributed by atoms with Crippen molar-refractivity contribution in [3.8, 4) is 0 Å². The molecule has 0 aliphatic rings. The van der Waals surface area contributed by atoms with Crippen LogP contribution in [0.15, 0.2) is 0 Å². The second-order valence-electron chi connectivity index (χ2n) is 3.17. The van der Waals surface area contributed by atoms with Gasteiger partial charge in [-0.3, -0.25) is 0 Å². The number of methoxy groups -OCH3 is 1. The van der Waals surface area contributed by atoms with E-state index >= 15 is 0 Å². The first-order chi connectivity index (χ1) is 5.18. The summed E-state index contributed by atoms with van der Waals surface area (Å²) in [6.07, 6.45) is 2.07. The fraction of sp³-hybridized carbons (Fsp3) is 1.00. The zero-order chi connectivity index (χ0) is 8.74. The fourth-order valence-corrected chi connectivity index (χ4v) is 1.37. The Morgan fingerprint density at radius 1 is 1.27 bits per heavy atom. The topological polar surface area (TPSA) is 9.23 Å². The minimum Gasteiger partial charge on any atom is -0.385 e. The van der Waals surface area contributed by atoms with Crippen molar-refractivity contribution in [3.63, 3.8) is 0 Å². The monoisotopic (exact) mass is 198 g/mol. The van der Waals surface area contributed by atoms with Crippen LogP contribution in [-0.2, 0) is 4.74 Å². The Kier molecular flexibility index (Phi) is 6.40. The Labute approximate surface area is 79.0 Å². The molecule has 1 nitrogen and oxygen atoms in total. The molecule has 0 aliphatic heterocycles. The zero-order valence-electron chi connectivity index (χ0n) is 7.20. The van der Waals surface area contributed by atoms with Gasteiger partial charge in [-0.2, -0.15) is 0 Å². The van der Waals surface area contributed by atoms with Crippen LogP contribution in [0.2, 0.25) is 0 Å². The molecule has 0 aromatic carbocycles. The van der Waals surface area contributed by atoms with Gasteiger partial charge in [0, 0.05) is 25.5 Å². The molecule has 0 fully saturated rings. The molecule has 0 saturated heterocycles. The second-order valence-corrected chi connectivity index (χ2v) is 3.71. The highest BCUT2D eigenvalue weighted by molar-refractivity contribution is 6.21. The van der Waals surface area contributed by atoms with E-state index in [1.807, 2.05) is 0 Å². The van der Waals surface area contributed by atoms with Gasteiger partial charge in [0.15, 0.2) is 0 Å². The van der Waals surface area contributed by atoms with Crippen molar-refractivity contribution < 1.29 is 4.74 Å². The molecule has 0 amide bonds. The van der Waals surface area contributed by atoms with Gasteiger partial charge in [0.25, 0.3) is 0 Å². The maximum atomic E-state index is 5.76. The number of alkyl halides is 2. The summed E-state index contributed by atoms with van der Waals surface area (Å²) < 4.78 is 4.94. The molecular weight excluding hydrogens is 183 g/mol. The molecule has 0 spiro atoms. The van der Waals surface area contributed by atoms with E-state index in [-0.39, 0.29) is 5.41 Å². The normalized spacial score (nSPS) is 12.0. The molecule has 3 heteroatoms. The summed E-state index contributed by atoms with van der Waals surface area (Å²) in [7, 11) is 1.71. The molecule has 0 saturated carbocycles. The van der Waals surface area contributed by atoms with Gasteiger partial charge in [0.2, 0.25) is 0 Å². The smallest absolute Gasteiger partial charge is 0.0462 e. The van der Waals surface area contributed by atoms with Gasteiger partial charge in [-0.1, -0.05) is 6.92 Å². The molecule has 0 atom stereocenters. The molecule has 0 aromatic rings. The van der Waals surface area contributed by atoms with Crippen LogP contribution >= 0.6 is 23.2 Å². The van der Waals surface area contributed by atoms with Crippen LogP contribution < -0.4 is 0 Å². The quantitative estimate of drug-likeness (QED) is 0.472. The first-order valence-corrected chi connectivity index (χ1v) is 4.86. The first kappa shape index (κ1) is 11.5. The predicted octanol–water partition coefficient (Wildman–Crippen LogP) is 2.90. The summed E-state index contributed by atoms with van der Waals surface area (Å²) in [6, 6.07) is 0. The highest BCUT2D eigenvalue weighted by atomic mass is 35.5. The van der Waals surface area contributed by atoms with Gasteiger partial charge >= 0.3 is 0 Å². The van der Waals surface area contributed by atoms with Crippen LogP contribution in [0.5, 0.6) is 0 Å². The van der Waals surface area contributed by atoms with Crippen LogP contribution in [0.3, 0.4) is 0 Å². The molecule has 0 bridgehead atoms. The second kappa shape index (κ2) is 6.10. The van der Waals surface area contributed by atoms with Gasteiger partial charge in [-0.15, -0.1) is 23.2 Å². The average molecular weight is 199 g/mol. The van der Waals surface area contributed by atoms with E-state index in [9.17, 15) is 0 Å². The van der Waals surface area contributed by atoms with Crippen LogP contribution in [0.1, 0.15) is 19.8 Å². The molecule has 0 aliphatic carbocycles. The maximum absolute atomic E-state index is 5.76. The molecular formula is C8H16Cl2O. The van der Waals surface area contributed by atoms with Gasteiger partial charge in [0.1, 0.15) is 0 Å². The van der Waals surface area contributed by atoms with E-state index in [0.29, 0.717) is 11.8 Å². The Morgan fingerprint density at radius 2 is 1.82 bits per heavy atom. The van der Waals surface area contributed by atoms with E-state index in [4.69, 9.17) is 27.9 Å². The Bertz CT molecular complexity index is 92.1. The summed E-state index contributed by atoms with van der Waals surface area (Å²) in [5, 5.41) is 0. The molecule has 0 radical (unpaired) electrons. The summed E-state index contributed by atoms with van der Waals surface area (Å²) in [5.74, 6) is 1.25. The maximum Gasteiger partial charge on any atom is 0.0462 e. The van der Waals surface area contributed by atoms with Crippen molar-refractivity contribution in [2.45, 2.75) is 19.8 Å². The Morgan fingerprint density at radius 3 is 2.18 bits per heavy atom. The average Bonchev–Trinajstić information content (AvgIpc) is 2.05. The summed E-state index contributed by atoms with van der Waals surface area (Å²) in [6.45, 7) is 2.89. The third-order valence-electron chi connectivity index (χ3n) is 1.77. The summed E-state index contributed by atoms with van der Waals surface area (Å²) >= 11 is 11.5. The third-order valence-corrected chi connectivity index (χ3v) is 3.06. The SMILES string of the molecule is COCCCC(C)(CCl)CCl. The van der Waals surface area contributed by atoms with E-state index in [1.165, 1.54) is 0 Å². The molecule has 0 N–H and O–H groups in total. The van der Waals surface area contributed by atoms with Crippen molar-refractivity contribution in [3.05, 3.63) is 0 Å². The van der Waals surface area contributed by atoms with Gasteiger partial charge < -0.3 is 4.74 Å². The highest BCUT2D eigenvalue weighted by Crippen LogP contribution is 2.26. The standard InChI is InChI=1S/C8H16Cl2O/c1-8(6-9,7-10)4-3-5-11-2/h3-7H2,1-2H3. The lowest BCUT2D eigenvalue weighted by molar-refractivity contribution is 0.180. The van der Waals surface area contributed by atoms with Crippen LogP contribution in [0.25, 0.3) is 0 Å². The first-order valence-electron chi connectivity index (χ1n) is 3.79. The molecule has 0 rings (SSSR count). The number of ether oxygens (including phenoxy) is 1. The predicted molar refractivity (Wildman–Crippen MR) is 50.7 cm³/mol. The summed E-state index contributed by atoms with van der Waals surface area (Å²) in [5.41, 5.74) is 0.0850. The van der Waals surface area contributed by atoms with Crippen LogP contribution in [0, 0.1) is 5.41 Å². The number of hydrogen-bond acceptors (Lipinski definition) is 1. The van der Waals surface area contributed by atoms with E-state index in [0.717, 1.165) is 19.4 Å². The largest absolute Gasteiger partial charge is 0.385 e. The molecule has 0 unspecified atom stereocenters. The molecule has 11 heavy (non-hydrogen) atoms. The number of hydrogen-bond donors (Lipinski definition) is 0. The van der Waals surface area contributed by atoms with Gasteiger partial charge in [0.05, 0.1) is 0 Å². The van der Waals surface area contributed by atoms with Crippen LogP contribution in [-0.4, -0.2) is 25.5 Å².